The van der Waals surface area contributed by atoms with Crippen LogP contribution in [-0.2, 0) is 0 Å². The number of amides is 2. The highest BCUT2D eigenvalue weighted by molar-refractivity contribution is 6.01. The Morgan fingerprint density at radius 2 is 1.56 bits per heavy atom. The van der Waals surface area contributed by atoms with Crippen LogP contribution in [0.15, 0.2) is 83.0 Å². The van der Waals surface area contributed by atoms with Gasteiger partial charge in [-0.05, 0) is 57.5 Å². The molecule has 2 amide bonds. The van der Waals surface area contributed by atoms with Gasteiger partial charge in [0.2, 0.25) is 5.82 Å². The molecule has 0 saturated carbocycles. The van der Waals surface area contributed by atoms with Crippen molar-refractivity contribution < 1.29 is 14.1 Å². The number of hydrogen-bond donors (Lipinski definition) is 1. The minimum Gasteiger partial charge on any atom is -0.494 e. The lowest BCUT2D eigenvalue weighted by Gasteiger charge is -2.35. The summed E-state index contributed by atoms with van der Waals surface area (Å²) in [5.74, 6) is 1.61. The zero-order valence-corrected chi connectivity index (χ0v) is 20.8. The van der Waals surface area contributed by atoms with E-state index in [0.29, 0.717) is 29.7 Å². The van der Waals surface area contributed by atoms with Crippen LogP contribution >= 0.6 is 0 Å². The molecule has 7 heteroatoms. The molecule has 0 bridgehead atoms. The molecule has 1 aliphatic rings. The number of hydrogen-bond acceptors (Lipinski definition) is 5. The zero-order chi connectivity index (χ0) is 25.2. The quantitative estimate of drug-likeness (QED) is 0.343. The lowest BCUT2D eigenvalue weighted by Crippen LogP contribution is -2.46. The first-order chi connectivity index (χ1) is 17.4. The summed E-state index contributed by atoms with van der Waals surface area (Å²) in [6.07, 6.45) is 0. The highest BCUT2D eigenvalue weighted by Crippen LogP contribution is 2.39. The van der Waals surface area contributed by atoms with Gasteiger partial charge < -0.3 is 14.6 Å². The van der Waals surface area contributed by atoms with Crippen LogP contribution in [0.25, 0.3) is 17.0 Å². The number of aromatic nitrogens is 2. The minimum atomic E-state index is -0.441. The second-order valence-electron chi connectivity index (χ2n) is 8.84. The maximum absolute atomic E-state index is 13.4. The van der Waals surface area contributed by atoms with Crippen molar-refractivity contribution in [1.82, 2.24) is 15.5 Å². The van der Waals surface area contributed by atoms with Crippen molar-refractivity contribution in [3.8, 4) is 17.1 Å². The highest BCUT2D eigenvalue weighted by Gasteiger charge is 2.36. The fraction of sp³-hybridized carbons (Fsp3) is 0.207. The predicted molar refractivity (Wildman–Crippen MR) is 140 cm³/mol. The van der Waals surface area contributed by atoms with Gasteiger partial charge in [-0.25, -0.2) is 4.79 Å². The topological polar surface area (TPSA) is 80.5 Å². The number of urea groups is 1. The van der Waals surface area contributed by atoms with Gasteiger partial charge in [0.25, 0.3) is 5.89 Å². The molecule has 7 nitrogen and oxygen atoms in total. The number of anilines is 1. The average molecular weight is 481 g/mol. The molecule has 3 aromatic carbocycles. The highest BCUT2D eigenvalue weighted by atomic mass is 16.5. The molecule has 1 aliphatic heterocycles. The molecule has 182 valence electrons. The fourth-order valence-electron chi connectivity index (χ4n) is 4.35. The first-order valence-corrected chi connectivity index (χ1v) is 12.0. The Hall–Kier alpha value is -4.39. The number of nitrogens with zero attached hydrogens (tertiary/aromatic N) is 3. The Bertz CT molecular complexity index is 1400. The summed E-state index contributed by atoms with van der Waals surface area (Å²) < 4.78 is 11.4. The van der Waals surface area contributed by atoms with E-state index in [2.05, 4.69) is 10.5 Å². The molecule has 0 saturated heterocycles. The first-order valence-electron chi connectivity index (χ1n) is 12.0. The number of aryl methyl sites for hydroxylation is 2. The molecule has 0 radical (unpaired) electrons. The smallest absolute Gasteiger partial charge is 0.326 e. The minimum absolute atomic E-state index is 0.232. The van der Waals surface area contributed by atoms with Gasteiger partial charge in [-0.15, -0.1) is 0 Å². The Balaban J connectivity index is 1.61. The fourth-order valence-corrected chi connectivity index (χ4v) is 4.35. The number of ether oxygens (including phenoxy) is 1. The summed E-state index contributed by atoms with van der Waals surface area (Å²) in [7, 11) is 0. The second-order valence-corrected chi connectivity index (χ2v) is 8.84. The van der Waals surface area contributed by atoms with Crippen molar-refractivity contribution in [3.05, 3.63) is 101 Å². The van der Waals surface area contributed by atoms with Crippen LogP contribution in [0.5, 0.6) is 5.75 Å². The standard InChI is InChI=1S/C29H28N4O3/c1-5-35-24-16-14-23(15-17-24)33-20(4)25(26(30-29(33)34)21-10-6-18(2)7-11-21)28-31-27(32-36-28)22-12-8-19(3)9-13-22/h6-17,26H,5H2,1-4H3,(H,30,34). The van der Waals surface area contributed by atoms with Crippen molar-refractivity contribution in [2.24, 2.45) is 0 Å². The van der Waals surface area contributed by atoms with E-state index >= 15 is 0 Å². The van der Waals surface area contributed by atoms with Crippen LogP contribution in [0.3, 0.4) is 0 Å². The normalized spacial score (nSPS) is 15.7. The van der Waals surface area contributed by atoms with Gasteiger partial charge in [-0.2, -0.15) is 4.98 Å². The van der Waals surface area contributed by atoms with Crippen molar-refractivity contribution in [1.29, 1.82) is 0 Å². The van der Waals surface area contributed by atoms with Crippen molar-refractivity contribution in [2.75, 3.05) is 11.5 Å². The molecule has 1 unspecified atom stereocenters. The van der Waals surface area contributed by atoms with Crippen LogP contribution in [0, 0.1) is 13.8 Å². The van der Waals surface area contributed by atoms with Gasteiger partial charge in [0.05, 0.1) is 23.9 Å². The van der Waals surface area contributed by atoms with E-state index in [1.54, 1.807) is 4.90 Å². The molecule has 1 atom stereocenters. The number of carbonyl (C=O) groups excluding carboxylic acids is 1. The maximum Gasteiger partial charge on any atom is 0.326 e. The Morgan fingerprint density at radius 3 is 2.19 bits per heavy atom. The first kappa shape index (κ1) is 23.4. The van der Waals surface area contributed by atoms with Crippen molar-refractivity contribution >= 4 is 17.3 Å². The van der Waals surface area contributed by atoms with E-state index in [1.807, 2.05) is 100 Å². The summed E-state index contributed by atoms with van der Waals surface area (Å²) in [4.78, 5) is 19.8. The van der Waals surface area contributed by atoms with E-state index in [0.717, 1.165) is 33.6 Å². The molecule has 1 aromatic heterocycles. The van der Waals surface area contributed by atoms with Gasteiger partial charge in [-0.1, -0.05) is 64.8 Å². The number of rotatable bonds is 6. The van der Waals surface area contributed by atoms with E-state index in [-0.39, 0.29) is 6.03 Å². The molecule has 0 fully saturated rings. The molecule has 1 N–H and O–H groups in total. The van der Waals surface area contributed by atoms with Crippen LogP contribution in [-0.4, -0.2) is 22.8 Å². The van der Waals surface area contributed by atoms with Gasteiger partial charge in [0.15, 0.2) is 0 Å². The van der Waals surface area contributed by atoms with Crippen LogP contribution in [0.2, 0.25) is 0 Å². The third-order valence-corrected chi connectivity index (χ3v) is 6.27. The summed E-state index contributed by atoms with van der Waals surface area (Å²) in [6.45, 7) is 8.48. The predicted octanol–water partition coefficient (Wildman–Crippen LogP) is 6.45. The van der Waals surface area contributed by atoms with Crippen molar-refractivity contribution in [2.45, 2.75) is 33.7 Å². The summed E-state index contributed by atoms with van der Waals surface area (Å²) in [6, 6.07) is 22.8. The molecule has 4 aromatic rings. The molecule has 0 spiro atoms. The average Bonchev–Trinajstić information content (AvgIpc) is 3.35. The Kier molecular flexibility index (Phi) is 6.29. The Morgan fingerprint density at radius 1 is 0.917 bits per heavy atom. The van der Waals surface area contributed by atoms with Gasteiger partial charge >= 0.3 is 6.03 Å². The van der Waals surface area contributed by atoms with Crippen molar-refractivity contribution in [3.63, 3.8) is 0 Å². The third kappa shape index (κ3) is 4.47. The van der Waals surface area contributed by atoms with Crippen LogP contribution < -0.4 is 15.0 Å². The molecular weight excluding hydrogens is 452 g/mol. The van der Waals surface area contributed by atoms with E-state index in [1.165, 1.54) is 0 Å². The van der Waals surface area contributed by atoms with E-state index < -0.39 is 6.04 Å². The molecular formula is C29H28N4O3. The largest absolute Gasteiger partial charge is 0.494 e. The van der Waals surface area contributed by atoms with Crippen LogP contribution in [0.1, 0.15) is 42.5 Å². The number of benzene rings is 3. The Labute approximate surface area is 210 Å². The zero-order valence-electron chi connectivity index (χ0n) is 20.8. The number of nitrogens with one attached hydrogen (secondary N) is 1. The lowest BCUT2D eigenvalue weighted by atomic mass is 9.94. The molecule has 36 heavy (non-hydrogen) atoms. The van der Waals surface area contributed by atoms with E-state index in [4.69, 9.17) is 14.2 Å². The summed E-state index contributed by atoms with van der Waals surface area (Å²) >= 11 is 0. The maximum atomic E-state index is 13.4. The van der Waals surface area contributed by atoms with Gasteiger partial charge in [-0.3, -0.25) is 4.90 Å². The van der Waals surface area contributed by atoms with E-state index in [9.17, 15) is 4.79 Å². The summed E-state index contributed by atoms with van der Waals surface area (Å²) in [5.41, 5.74) is 6.27. The van der Waals surface area contributed by atoms with Gasteiger partial charge in [0.1, 0.15) is 5.75 Å². The van der Waals surface area contributed by atoms with Gasteiger partial charge in [0, 0.05) is 11.3 Å². The monoisotopic (exact) mass is 480 g/mol. The number of carbonyl (C=O) groups is 1. The lowest BCUT2D eigenvalue weighted by molar-refractivity contribution is 0.244. The molecule has 5 rings (SSSR count). The summed E-state index contributed by atoms with van der Waals surface area (Å²) in [5, 5.41) is 7.39. The third-order valence-electron chi connectivity index (χ3n) is 6.27. The molecule has 0 aliphatic carbocycles. The second kappa shape index (κ2) is 9.70. The van der Waals surface area contributed by atoms with Crippen LogP contribution in [0.4, 0.5) is 10.5 Å². The molecule has 2 heterocycles. The SMILES string of the molecule is CCOc1ccc(N2C(=O)NC(c3ccc(C)cc3)C(c3nc(-c4ccc(C)cc4)no3)=C2C)cc1. The number of allylic oxidation sites excluding steroid dienone is 1.